The predicted octanol–water partition coefficient (Wildman–Crippen LogP) is 5.71. The van der Waals surface area contributed by atoms with Crippen molar-refractivity contribution in [3.63, 3.8) is 0 Å². The lowest BCUT2D eigenvalue weighted by molar-refractivity contribution is -0.362. The number of rotatable bonds is 3. The van der Waals surface area contributed by atoms with E-state index in [4.69, 9.17) is 0 Å². The minimum atomic E-state index is -5.84. The van der Waals surface area contributed by atoms with Crippen molar-refractivity contribution in [3.05, 3.63) is 52.6 Å². The van der Waals surface area contributed by atoms with E-state index in [1.165, 1.54) is 19.1 Å². The van der Waals surface area contributed by atoms with Gasteiger partial charge in [-0.15, -0.1) is 0 Å². The Bertz CT molecular complexity index is 1270. The second kappa shape index (κ2) is 8.36. The molecule has 10 heteroatoms. The molecule has 4 nitrogen and oxygen atoms in total. The highest BCUT2D eigenvalue weighted by molar-refractivity contribution is 7.90. The fraction of sp³-hybridized carbons (Fsp3) is 0.630. The normalized spacial score (nSPS) is 36.5. The van der Waals surface area contributed by atoms with Crippen LogP contribution in [-0.2, 0) is 9.84 Å². The van der Waals surface area contributed by atoms with Crippen molar-refractivity contribution in [3.8, 4) is 0 Å². The van der Waals surface area contributed by atoms with E-state index in [0.717, 1.165) is 28.5 Å². The largest absolute Gasteiger partial charge is 0.456 e. The number of aliphatic hydroxyl groups is 2. The minimum Gasteiger partial charge on any atom is -0.389 e. The predicted molar refractivity (Wildman–Crippen MR) is 127 cm³/mol. The van der Waals surface area contributed by atoms with Crippen LogP contribution in [0.4, 0.5) is 22.0 Å². The van der Waals surface area contributed by atoms with Gasteiger partial charge < -0.3 is 10.2 Å². The van der Waals surface area contributed by atoms with E-state index in [-0.39, 0.29) is 36.0 Å². The molecule has 0 spiro atoms. The molecular weight excluding hydrogens is 515 g/mol. The van der Waals surface area contributed by atoms with Crippen LogP contribution in [0.1, 0.15) is 63.4 Å². The Balaban J connectivity index is 1.56. The van der Waals surface area contributed by atoms with Gasteiger partial charge in [0.2, 0.25) is 0 Å². The van der Waals surface area contributed by atoms with E-state index in [0.29, 0.717) is 19.3 Å². The van der Waals surface area contributed by atoms with E-state index < -0.39 is 51.4 Å². The van der Waals surface area contributed by atoms with Crippen LogP contribution in [0.5, 0.6) is 0 Å². The zero-order chi connectivity index (χ0) is 27.2. The van der Waals surface area contributed by atoms with Crippen LogP contribution in [0.2, 0.25) is 0 Å². The first-order valence-electron chi connectivity index (χ1n) is 12.6. The number of benzene rings is 1. The SMILES string of the molecule is C[C@]12CCC3=C4C(=CC(O)CC4c4ccc(S(C)(=O)=O)cc4)CC[C@H]3[C@@H]1CCC2(O)C(F)(F)C(F)(F)F. The van der Waals surface area contributed by atoms with E-state index >= 15 is 0 Å². The van der Waals surface area contributed by atoms with E-state index in [1.54, 1.807) is 18.2 Å². The van der Waals surface area contributed by atoms with Crippen molar-refractivity contribution in [2.75, 3.05) is 6.26 Å². The second-order valence-corrected chi connectivity index (χ2v) is 13.5. The number of fused-ring (bicyclic) bond motifs is 4. The number of sulfone groups is 1. The van der Waals surface area contributed by atoms with Crippen LogP contribution in [0.15, 0.2) is 52.0 Å². The highest BCUT2D eigenvalue weighted by atomic mass is 32.2. The molecule has 6 atom stereocenters. The van der Waals surface area contributed by atoms with Gasteiger partial charge >= 0.3 is 12.1 Å². The van der Waals surface area contributed by atoms with Gasteiger partial charge in [0.25, 0.3) is 0 Å². The van der Waals surface area contributed by atoms with Gasteiger partial charge in [0.05, 0.1) is 11.0 Å². The lowest BCUT2D eigenvalue weighted by Gasteiger charge is -2.54. The van der Waals surface area contributed by atoms with Crippen molar-refractivity contribution >= 4 is 9.84 Å². The van der Waals surface area contributed by atoms with Gasteiger partial charge in [0.15, 0.2) is 9.84 Å². The summed E-state index contributed by atoms with van der Waals surface area (Å²) in [6.07, 6.45) is -2.39. The zero-order valence-corrected chi connectivity index (χ0v) is 21.5. The number of hydrogen-bond donors (Lipinski definition) is 2. The number of aliphatic hydroxyl groups excluding tert-OH is 1. The fourth-order valence-electron chi connectivity index (χ4n) is 7.78. The van der Waals surface area contributed by atoms with Crippen LogP contribution in [-0.4, -0.2) is 48.7 Å². The smallest absolute Gasteiger partial charge is 0.389 e. The molecule has 1 aromatic rings. The van der Waals surface area contributed by atoms with Crippen LogP contribution >= 0.6 is 0 Å². The van der Waals surface area contributed by atoms with E-state index in [2.05, 4.69) is 0 Å². The standard InChI is InChI=1S/C27H31F5O4S/c1-24-11-9-20-19(22(24)10-12-25(24,34)26(28,29)27(30,31)32)8-5-16-13-17(33)14-21(23(16)20)15-3-6-18(7-4-15)37(2,35)36/h3-4,6-7,13,17,19,21-22,33-34H,5,8-12,14H2,1-2H3/t17?,19-,21?,22+,24+,25?/m1/s1. The maximum atomic E-state index is 14.7. The molecular formula is C27H31F5O4S. The van der Waals surface area contributed by atoms with Gasteiger partial charge in [-0.1, -0.05) is 30.7 Å². The molecule has 0 bridgehead atoms. The van der Waals surface area contributed by atoms with E-state index in [9.17, 15) is 40.6 Å². The topological polar surface area (TPSA) is 74.6 Å². The third kappa shape index (κ3) is 3.84. The van der Waals surface area contributed by atoms with Crippen LogP contribution < -0.4 is 0 Å². The molecule has 0 aromatic heterocycles. The summed E-state index contributed by atoms with van der Waals surface area (Å²) in [6.45, 7) is 1.39. The second-order valence-electron chi connectivity index (χ2n) is 11.5. The summed E-state index contributed by atoms with van der Waals surface area (Å²) in [5.74, 6) is -6.23. The zero-order valence-electron chi connectivity index (χ0n) is 20.7. The summed E-state index contributed by atoms with van der Waals surface area (Å²) in [5.41, 5.74) is -0.973. The lowest BCUT2D eigenvalue weighted by Crippen LogP contribution is -2.64. The summed E-state index contributed by atoms with van der Waals surface area (Å²) >= 11 is 0. The molecule has 2 N–H and O–H groups in total. The van der Waals surface area contributed by atoms with Gasteiger partial charge in [-0.3, -0.25) is 0 Å². The molecule has 0 amide bonds. The third-order valence-corrected chi connectivity index (χ3v) is 10.8. The van der Waals surface area contributed by atoms with Crippen molar-refractivity contribution in [2.45, 2.75) is 86.5 Å². The summed E-state index contributed by atoms with van der Waals surface area (Å²) < 4.78 is 93.4. The molecule has 3 unspecified atom stereocenters. The average molecular weight is 547 g/mol. The van der Waals surface area contributed by atoms with Crippen LogP contribution in [0.25, 0.3) is 0 Å². The molecule has 204 valence electrons. The molecule has 0 heterocycles. The molecule has 0 saturated heterocycles. The number of alkyl halides is 5. The summed E-state index contributed by atoms with van der Waals surface area (Å²) in [6, 6.07) is 6.49. The Morgan fingerprint density at radius 1 is 1.00 bits per heavy atom. The first-order valence-corrected chi connectivity index (χ1v) is 14.5. The molecule has 5 rings (SSSR count). The Hall–Kier alpha value is -1.78. The fourth-order valence-corrected chi connectivity index (χ4v) is 8.41. The molecule has 4 aliphatic carbocycles. The Morgan fingerprint density at radius 2 is 1.65 bits per heavy atom. The summed E-state index contributed by atoms with van der Waals surface area (Å²) in [5, 5.41) is 21.6. The maximum absolute atomic E-state index is 14.7. The van der Waals surface area contributed by atoms with Gasteiger partial charge in [-0.2, -0.15) is 22.0 Å². The van der Waals surface area contributed by atoms with Gasteiger partial charge in [0.1, 0.15) is 5.60 Å². The van der Waals surface area contributed by atoms with E-state index in [1.807, 2.05) is 0 Å². The lowest BCUT2D eigenvalue weighted by atomic mass is 9.53. The van der Waals surface area contributed by atoms with Gasteiger partial charge in [-0.25, -0.2) is 8.42 Å². The molecule has 1 aromatic carbocycles. The average Bonchev–Trinajstić information content (AvgIpc) is 3.09. The molecule has 4 aliphatic rings. The molecule has 2 saturated carbocycles. The van der Waals surface area contributed by atoms with Gasteiger partial charge in [-0.05, 0) is 85.6 Å². The quantitative estimate of drug-likeness (QED) is 0.477. The van der Waals surface area contributed by atoms with Crippen molar-refractivity contribution < 1.29 is 40.6 Å². The highest BCUT2D eigenvalue weighted by Gasteiger charge is 2.78. The maximum Gasteiger partial charge on any atom is 0.456 e. The van der Waals surface area contributed by atoms with Crippen LogP contribution in [0, 0.1) is 17.3 Å². The first kappa shape index (κ1) is 26.8. The molecule has 0 radical (unpaired) electrons. The highest BCUT2D eigenvalue weighted by Crippen LogP contribution is 2.68. The third-order valence-electron chi connectivity index (χ3n) is 9.65. The van der Waals surface area contributed by atoms with Crippen LogP contribution in [0.3, 0.4) is 0 Å². The molecule has 0 aliphatic heterocycles. The van der Waals surface area contributed by atoms with Crippen molar-refractivity contribution in [1.82, 2.24) is 0 Å². The molecule has 2 fully saturated rings. The summed E-state index contributed by atoms with van der Waals surface area (Å²) in [7, 11) is -3.39. The number of halogens is 5. The number of hydrogen-bond acceptors (Lipinski definition) is 4. The number of allylic oxidation sites excluding steroid dienone is 3. The Labute approximate surface area is 213 Å². The van der Waals surface area contributed by atoms with Gasteiger partial charge in [0, 0.05) is 17.6 Å². The molecule has 37 heavy (non-hydrogen) atoms. The Morgan fingerprint density at radius 3 is 2.24 bits per heavy atom. The first-order chi connectivity index (χ1) is 17.0. The minimum absolute atomic E-state index is 0.00470. The summed E-state index contributed by atoms with van der Waals surface area (Å²) in [4.78, 5) is 0.173. The van der Waals surface area contributed by atoms with Crippen molar-refractivity contribution in [1.29, 1.82) is 0 Å². The van der Waals surface area contributed by atoms with Crippen molar-refractivity contribution in [2.24, 2.45) is 17.3 Å². The monoisotopic (exact) mass is 546 g/mol. The Kier molecular flexibility index (Phi) is 6.06.